The molecule has 7 N–H and O–H groups in total. The van der Waals surface area contributed by atoms with Gasteiger partial charge in [-0.2, -0.15) is 0 Å². The molecule has 0 spiro atoms. The highest BCUT2D eigenvalue weighted by Crippen LogP contribution is 2.29. The van der Waals surface area contributed by atoms with Crippen molar-refractivity contribution in [3.05, 3.63) is 53.6 Å². The van der Waals surface area contributed by atoms with Crippen molar-refractivity contribution < 1.29 is 54.9 Å². The Hall–Kier alpha value is -4.25. The molecule has 0 fully saturated rings. The molecule has 2 aromatic carbocycles. The zero-order valence-corrected chi connectivity index (χ0v) is 15.7. The van der Waals surface area contributed by atoms with E-state index in [4.69, 9.17) is 0 Å². The molecule has 0 radical (unpaired) electrons. The third kappa shape index (κ3) is 5.42. The van der Waals surface area contributed by atoms with Crippen molar-refractivity contribution in [2.45, 2.75) is 18.1 Å². The van der Waals surface area contributed by atoms with Crippen molar-refractivity contribution in [1.82, 2.24) is 0 Å². The summed E-state index contributed by atoms with van der Waals surface area (Å²) in [7, 11) is 0. The molecule has 0 saturated carbocycles. The lowest BCUT2D eigenvalue weighted by Gasteiger charge is -2.29. The Morgan fingerprint density at radius 1 is 0.903 bits per heavy atom. The van der Waals surface area contributed by atoms with Gasteiger partial charge in [0.05, 0.1) is 0 Å². The smallest absolute Gasteiger partial charge is 0.348 e. The van der Waals surface area contributed by atoms with E-state index < -0.39 is 59.0 Å². The fourth-order valence-corrected chi connectivity index (χ4v) is 2.59. The van der Waals surface area contributed by atoms with Crippen molar-refractivity contribution in [2.75, 3.05) is 0 Å². The molecule has 164 valence electrons. The summed E-state index contributed by atoms with van der Waals surface area (Å²) in [6.07, 6.45) is -1.59. The van der Waals surface area contributed by atoms with Gasteiger partial charge in [0.2, 0.25) is 11.7 Å². The molecule has 0 aromatic heterocycles. The number of rotatable bonds is 8. The molecule has 0 amide bonds. The Bertz CT molecular complexity index is 1040. The Kier molecular flexibility index (Phi) is 6.72. The van der Waals surface area contributed by atoms with Crippen molar-refractivity contribution in [3.8, 4) is 23.0 Å². The number of carboxylic acid groups (broad SMARTS) is 2. The van der Waals surface area contributed by atoms with E-state index in [1.165, 1.54) is 6.07 Å². The topological polar surface area (TPSA) is 202 Å². The van der Waals surface area contributed by atoms with Gasteiger partial charge in [0.15, 0.2) is 23.0 Å². The number of phenolic OH excluding ortho intramolecular Hbond substituents is 4. The number of hydrogen-bond donors (Lipinski definition) is 7. The van der Waals surface area contributed by atoms with Gasteiger partial charge in [0.1, 0.15) is 0 Å². The van der Waals surface area contributed by atoms with Crippen molar-refractivity contribution in [3.63, 3.8) is 0 Å². The fraction of sp³-hybridized carbons (Fsp3) is 0.150. The number of esters is 1. The van der Waals surface area contributed by atoms with E-state index in [9.17, 15) is 50.1 Å². The van der Waals surface area contributed by atoms with Crippen LogP contribution in [0, 0.1) is 0 Å². The normalized spacial score (nSPS) is 14.0. The summed E-state index contributed by atoms with van der Waals surface area (Å²) < 4.78 is 4.66. The van der Waals surface area contributed by atoms with Crippen LogP contribution < -0.4 is 0 Å². The molecule has 0 saturated heterocycles. The van der Waals surface area contributed by atoms with Crippen LogP contribution in [0.4, 0.5) is 0 Å². The van der Waals surface area contributed by atoms with Crippen LogP contribution in [0.3, 0.4) is 0 Å². The molecule has 2 rings (SSSR count). The Balaban J connectivity index is 2.27. The highest BCUT2D eigenvalue weighted by Gasteiger charge is 2.51. The fourth-order valence-electron chi connectivity index (χ4n) is 2.59. The first-order valence-electron chi connectivity index (χ1n) is 8.54. The molecular formula is C20H18O11. The number of ether oxygens (including phenoxy) is 1. The molecule has 0 aliphatic heterocycles. The monoisotopic (exact) mass is 434 g/mol. The van der Waals surface area contributed by atoms with Crippen LogP contribution >= 0.6 is 0 Å². The van der Waals surface area contributed by atoms with E-state index in [-0.39, 0.29) is 11.1 Å². The number of carboxylic acids is 2. The van der Waals surface area contributed by atoms with Crippen molar-refractivity contribution >= 4 is 24.0 Å². The molecule has 2 aromatic rings. The Labute approximate surface area is 174 Å². The lowest BCUT2D eigenvalue weighted by Crippen LogP contribution is -2.56. The number of phenols is 4. The minimum absolute atomic E-state index is 0.0578. The van der Waals surface area contributed by atoms with Gasteiger partial charge < -0.3 is 40.5 Å². The number of aliphatic carboxylic acids is 2. The van der Waals surface area contributed by atoms with Gasteiger partial charge >= 0.3 is 17.9 Å². The van der Waals surface area contributed by atoms with Crippen molar-refractivity contribution in [1.29, 1.82) is 0 Å². The molecule has 11 nitrogen and oxygen atoms in total. The highest BCUT2D eigenvalue weighted by atomic mass is 16.6. The maximum atomic E-state index is 12.0. The zero-order valence-electron chi connectivity index (χ0n) is 15.7. The summed E-state index contributed by atoms with van der Waals surface area (Å²) in [5.41, 5.74) is -2.94. The Morgan fingerprint density at radius 2 is 1.48 bits per heavy atom. The van der Waals surface area contributed by atoms with Crippen LogP contribution in [0.15, 0.2) is 42.5 Å². The quantitative estimate of drug-likeness (QED) is 0.174. The third-order valence-electron chi connectivity index (χ3n) is 4.19. The van der Waals surface area contributed by atoms with E-state index in [2.05, 4.69) is 4.74 Å². The first-order valence-corrected chi connectivity index (χ1v) is 8.54. The Morgan fingerprint density at radius 3 is 2.00 bits per heavy atom. The molecule has 0 bridgehead atoms. The van der Waals surface area contributed by atoms with Gasteiger partial charge in [-0.25, -0.2) is 14.4 Å². The third-order valence-corrected chi connectivity index (χ3v) is 4.19. The van der Waals surface area contributed by atoms with Gasteiger partial charge in [-0.1, -0.05) is 12.1 Å². The average molecular weight is 434 g/mol. The first-order chi connectivity index (χ1) is 14.4. The van der Waals surface area contributed by atoms with Crippen LogP contribution in [0.2, 0.25) is 0 Å². The van der Waals surface area contributed by atoms with E-state index in [1.54, 1.807) is 0 Å². The lowest BCUT2D eigenvalue weighted by molar-refractivity contribution is -0.192. The predicted octanol–water partition coefficient (Wildman–Crippen LogP) is 0.577. The number of aliphatic hydroxyl groups is 1. The molecular weight excluding hydrogens is 416 g/mol. The summed E-state index contributed by atoms with van der Waals surface area (Å²) in [4.78, 5) is 35.3. The largest absolute Gasteiger partial charge is 0.504 e. The summed E-state index contributed by atoms with van der Waals surface area (Å²) >= 11 is 0. The van der Waals surface area contributed by atoms with Crippen LogP contribution in [0.1, 0.15) is 11.1 Å². The summed E-state index contributed by atoms with van der Waals surface area (Å²) in [6, 6.07) is 6.61. The van der Waals surface area contributed by atoms with Crippen LogP contribution in [0.25, 0.3) is 6.08 Å². The second-order valence-corrected chi connectivity index (χ2v) is 6.47. The molecule has 2 atom stereocenters. The van der Waals surface area contributed by atoms with Gasteiger partial charge in [-0.05, 0) is 41.5 Å². The molecule has 11 heteroatoms. The van der Waals surface area contributed by atoms with E-state index >= 15 is 0 Å². The standard InChI is InChI=1S/C20H18O11/c21-12-4-1-10(7-14(12)23)3-6-16(25)31-17(18(26)27)20(30,19(28)29)9-11-2-5-13(22)15(24)8-11/h1-8,17,21-24,30H,9H2,(H,26,27)(H,28,29)/b6-3-/t17-,20-/m1/s1. The first kappa shape index (κ1) is 23.0. The zero-order chi connectivity index (χ0) is 23.3. The number of carbonyl (C=O) groups is 3. The number of hydrogen-bond acceptors (Lipinski definition) is 9. The van der Waals surface area contributed by atoms with E-state index in [0.29, 0.717) is 0 Å². The van der Waals surface area contributed by atoms with Gasteiger partial charge in [-0.3, -0.25) is 0 Å². The number of benzene rings is 2. The molecule has 0 aliphatic carbocycles. The van der Waals surface area contributed by atoms with Gasteiger partial charge in [0.25, 0.3) is 0 Å². The van der Waals surface area contributed by atoms with Crippen LogP contribution in [-0.4, -0.2) is 65.4 Å². The van der Waals surface area contributed by atoms with E-state index in [0.717, 1.165) is 42.5 Å². The average Bonchev–Trinajstić information content (AvgIpc) is 2.69. The summed E-state index contributed by atoms with van der Waals surface area (Å²) in [5.74, 6) is -7.30. The molecule has 31 heavy (non-hydrogen) atoms. The lowest BCUT2D eigenvalue weighted by atomic mass is 9.88. The maximum absolute atomic E-state index is 12.0. The van der Waals surface area contributed by atoms with Crippen molar-refractivity contribution in [2.24, 2.45) is 0 Å². The minimum Gasteiger partial charge on any atom is -0.504 e. The maximum Gasteiger partial charge on any atom is 0.348 e. The molecule has 0 heterocycles. The molecule has 0 aliphatic rings. The van der Waals surface area contributed by atoms with Crippen LogP contribution in [-0.2, 0) is 25.5 Å². The second-order valence-electron chi connectivity index (χ2n) is 6.47. The SMILES string of the molecule is O=C(/C=C\c1ccc(O)c(O)c1)O[C@H](C(=O)O)[C@](O)(Cc1ccc(O)c(O)c1)C(=O)O. The minimum atomic E-state index is -3.12. The number of aromatic hydroxyl groups is 4. The second kappa shape index (κ2) is 9.05. The molecule has 0 unspecified atom stereocenters. The van der Waals surface area contributed by atoms with Gasteiger partial charge in [0, 0.05) is 12.5 Å². The highest BCUT2D eigenvalue weighted by molar-refractivity contribution is 5.93. The summed E-state index contributed by atoms with van der Waals surface area (Å²) in [5, 5.41) is 66.9. The predicted molar refractivity (Wildman–Crippen MR) is 102 cm³/mol. The van der Waals surface area contributed by atoms with E-state index in [1.807, 2.05) is 0 Å². The van der Waals surface area contributed by atoms with Crippen LogP contribution in [0.5, 0.6) is 23.0 Å². The summed E-state index contributed by atoms with van der Waals surface area (Å²) in [6.45, 7) is 0. The number of carbonyl (C=O) groups excluding carboxylic acids is 1. The van der Waals surface area contributed by atoms with Gasteiger partial charge in [-0.15, -0.1) is 0 Å².